The lowest BCUT2D eigenvalue weighted by Gasteiger charge is -1.92. The minimum Gasteiger partial charge on any atom is -0.395 e. The Bertz CT molecular complexity index is 313. The first-order valence-electron chi connectivity index (χ1n) is 3.82. The zero-order valence-electron chi connectivity index (χ0n) is 7.32. The lowest BCUT2D eigenvalue weighted by Crippen LogP contribution is -1.86. The lowest BCUT2D eigenvalue weighted by molar-refractivity contribution is 0.305. The normalized spacial score (nSPS) is 9.08. The van der Waals surface area contributed by atoms with Gasteiger partial charge in [0.25, 0.3) is 0 Å². The van der Waals surface area contributed by atoms with Gasteiger partial charge in [0.1, 0.15) is 0 Å². The zero-order valence-corrected chi connectivity index (χ0v) is 8.14. The number of nitrogens with zero attached hydrogens (tertiary/aromatic N) is 2. The Morgan fingerprint density at radius 1 is 1.46 bits per heavy atom. The van der Waals surface area contributed by atoms with Gasteiger partial charge in [-0.2, -0.15) is 0 Å². The van der Waals surface area contributed by atoms with Gasteiger partial charge in [-0.25, -0.2) is 9.97 Å². The summed E-state index contributed by atoms with van der Waals surface area (Å²) in [4.78, 5) is 8.13. The van der Waals surface area contributed by atoms with Crippen molar-refractivity contribution in [3.05, 3.63) is 18.0 Å². The molecule has 0 aliphatic heterocycles. The summed E-state index contributed by atoms with van der Waals surface area (Å²) in [5.41, 5.74) is 0.784. The third kappa shape index (κ3) is 3.45. The highest BCUT2D eigenvalue weighted by Gasteiger charge is 1.91. The molecule has 1 aromatic heterocycles. The summed E-state index contributed by atoms with van der Waals surface area (Å²) in [6.45, 7) is 0.0940. The number of aliphatic hydroxyl groups excluding tert-OH is 1. The highest BCUT2D eigenvalue weighted by atomic mass is 32.2. The molecular formula is C9H10N2OS. The first-order valence-corrected chi connectivity index (χ1v) is 5.05. The standard InChI is InChI=1S/C9H10N2OS/c1-13-9-10-6-8(7-11-9)4-2-3-5-12/h6-7,12H,3,5H2,1H3. The highest BCUT2D eigenvalue weighted by Crippen LogP contribution is 2.05. The Balaban J connectivity index is 2.65. The molecule has 13 heavy (non-hydrogen) atoms. The molecule has 1 aromatic rings. The van der Waals surface area contributed by atoms with Crippen molar-refractivity contribution in [1.82, 2.24) is 9.97 Å². The van der Waals surface area contributed by atoms with Crippen LogP contribution in [0.25, 0.3) is 0 Å². The highest BCUT2D eigenvalue weighted by molar-refractivity contribution is 7.98. The Labute approximate surface area is 81.6 Å². The maximum Gasteiger partial charge on any atom is 0.187 e. The van der Waals surface area contributed by atoms with Crippen LogP contribution in [0.3, 0.4) is 0 Å². The van der Waals surface area contributed by atoms with Crippen LogP contribution in [-0.2, 0) is 0 Å². The van der Waals surface area contributed by atoms with Crippen LogP contribution < -0.4 is 0 Å². The molecule has 0 saturated heterocycles. The van der Waals surface area contributed by atoms with Crippen LogP contribution in [0.15, 0.2) is 17.6 Å². The third-order valence-electron chi connectivity index (χ3n) is 1.28. The van der Waals surface area contributed by atoms with Crippen LogP contribution in [0.1, 0.15) is 12.0 Å². The zero-order chi connectivity index (χ0) is 9.52. The van der Waals surface area contributed by atoms with Crippen molar-refractivity contribution in [3.63, 3.8) is 0 Å². The van der Waals surface area contributed by atoms with E-state index < -0.39 is 0 Å². The van der Waals surface area contributed by atoms with E-state index in [-0.39, 0.29) is 6.61 Å². The first-order chi connectivity index (χ1) is 6.36. The van der Waals surface area contributed by atoms with Crippen molar-refractivity contribution in [2.75, 3.05) is 12.9 Å². The van der Waals surface area contributed by atoms with Crippen LogP contribution >= 0.6 is 11.8 Å². The van der Waals surface area contributed by atoms with E-state index in [9.17, 15) is 0 Å². The summed E-state index contributed by atoms with van der Waals surface area (Å²) in [6, 6.07) is 0. The van der Waals surface area contributed by atoms with Gasteiger partial charge in [0.05, 0.1) is 12.2 Å². The molecule has 0 aromatic carbocycles. The van der Waals surface area contributed by atoms with Crippen molar-refractivity contribution in [1.29, 1.82) is 0 Å². The van der Waals surface area contributed by atoms with E-state index in [4.69, 9.17) is 5.11 Å². The SMILES string of the molecule is CSc1ncc(C#CCCO)cn1. The van der Waals surface area contributed by atoms with Crippen LogP contribution in [-0.4, -0.2) is 27.9 Å². The summed E-state index contributed by atoms with van der Waals surface area (Å²) in [7, 11) is 0. The summed E-state index contributed by atoms with van der Waals surface area (Å²) < 4.78 is 0. The molecular weight excluding hydrogens is 184 g/mol. The van der Waals surface area contributed by atoms with Gasteiger partial charge in [0.2, 0.25) is 0 Å². The van der Waals surface area contributed by atoms with Gasteiger partial charge in [0.15, 0.2) is 5.16 Å². The fourth-order valence-electron chi connectivity index (χ4n) is 0.707. The maximum atomic E-state index is 8.49. The monoisotopic (exact) mass is 194 g/mol. The quantitative estimate of drug-likeness (QED) is 0.432. The second-order valence-corrected chi connectivity index (χ2v) is 3.01. The molecule has 4 heteroatoms. The molecule has 0 radical (unpaired) electrons. The molecule has 1 N–H and O–H groups in total. The molecule has 1 rings (SSSR count). The fraction of sp³-hybridized carbons (Fsp3) is 0.333. The van der Waals surface area contributed by atoms with E-state index >= 15 is 0 Å². The minimum absolute atomic E-state index is 0.0940. The third-order valence-corrected chi connectivity index (χ3v) is 1.86. The molecule has 0 atom stereocenters. The molecule has 0 unspecified atom stereocenters. The number of hydrogen-bond acceptors (Lipinski definition) is 4. The second-order valence-electron chi connectivity index (χ2n) is 2.23. The van der Waals surface area contributed by atoms with Crippen molar-refractivity contribution in [2.24, 2.45) is 0 Å². The second kappa shape index (κ2) is 5.57. The van der Waals surface area contributed by atoms with Gasteiger partial charge < -0.3 is 5.11 Å². The van der Waals surface area contributed by atoms with Gasteiger partial charge in [-0.15, -0.1) is 0 Å². The number of rotatable bonds is 2. The smallest absolute Gasteiger partial charge is 0.187 e. The molecule has 68 valence electrons. The Morgan fingerprint density at radius 3 is 2.69 bits per heavy atom. The van der Waals surface area contributed by atoms with Crippen molar-refractivity contribution in [3.8, 4) is 11.8 Å². The van der Waals surface area contributed by atoms with Crippen LogP contribution in [0.4, 0.5) is 0 Å². The topological polar surface area (TPSA) is 46.0 Å². The molecule has 0 fully saturated rings. The van der Waals surface area contributed by atoms with E-state index in [0.29, 0.717) is 6.42 Å². The average molecular weight is 194 g/mol. The van der Waals surface area contributed by atoms with Gasteiger partial charge in [-0.3, -0.25) is 0 Å². The van der Waals surface area contributed by atoms with E-state index in [2.05, 4.69) is 21.8 Å². The number of thioether (sulfide) groups is 1. The van der Waals surface area contributed by atoms with Crippen LogP contribution in [0, 0.1) is 11.8 Å². The van der Waals surface area contributed by atoms with E-state index in [1.54, 1.807) is 12.4 Å². The van der Waals surface area contributed by atoms with Gasteiger partial charge >= 0.3 is 0 Å². The maximum absolute atomic E-state index is 8.49. The molecule has 0 saturated carbocycles. The Morgan fingerprint density at radius 2 is 2.15 bits per heavy atom. The molecule has 0 spiro atoms. The van der Waals surface area contributed by atoms with Gasteiger partial charge in [0, 0.05) is 18.8 Å². The van der Waals surface area contributed by atoms with E-state index in [1.165, 1.54) is 11.8 Å². The predicted molar refractivity (Wildman–Crippen MR) is 52.4 cm³/mol. The van der Waals surface area contributed by atoms with Crippen LogP contribution in [0.5, 0.6) is 0 Å². The van der Waals surface area contributed by atoms with E-state index in [0.717, 1.165) is 10.7 Å². The molecule has 0 bridgehead atoms. The number of hydrogen-bond donors (Lipinski definition) is 1. The minimum atomic E-state index is 0.0940. The average Bonchev–Trinajstić information content (AvgIpc) is 2.19. The van der Waals surface area contributed by atoms with Crippen molar-refractivity contribution in [2.45, 2.75) is 11.6 Å². The Kier molecular flexibility index (Phi) is 4.30. The van der Waals surface area contributed by atoms with Crippen LogP contribution in [0.2, 0.25) is 0 Å². The molecule has 0 aliphatic rings. The fourth-order valence-corrected chi connectivity index (χ4v) is 1.02. The predicted octanol–water partition coefficient (Wildman–Crippen LogP) is 0.932. The Hall–Kier alpha value is -1.05. The van der Waals surface area contributed by atoms with Crippen molar-refractivity contribution >= 4 is 11.8 Å². The molecule has 0 aliphatic carbocycles. The van der Waals surface area contributed by atoms with E-state index in [1.807, 2.05) is 6.26 Å². The largest absolute Gasteiger partial charge is 0.395 e. The van der Waals surface area contributed by atoms with Gasteiger partial charge in [-0.05, 0) is 6.26 Å². The molecule has 1 heterocycles. The summed E-state index contributed by atoms with van der Waals surface area (Å²) in [6.07, 6.45) is 5.78. The summed E-state index contributed by atoms with van der Waals surface area (Å²) >= 11 is 1.50. The summed E-state index contributed by atoms with van der Waals surface area (Å²) in [5.74, 6) is 5.65. The summed E-state index contributed by atoms with van der Waals surface area (Å²) in [5, 5.41) is 9.23. The van der Waals surface area contributed by atoms with Crippen molar-refractivity contribution < 1.29 is 5.11 Å². The number of aliphatic hydroxyl groups is 1. The molecule has 3 nitrogen and oxygen atoms in total. The number of aromatic nitrogens is 2. The lowest BCUT2D eigenvalue weighted by atomic mass is 10.3. The molecule has 0 amide bonds. The van der Waals surface area contributed by atoms with Gasteiger partial charge in [-0.1, -0.05) is 23.6 Å². The first kappa shape index (κ1) is 10.0.